The summed E-state index contributed by atoms with van der Waals surface area (Å²) in [6.07, 6.45) is 0.498. The van der Waals surface area contributed by atoms with Crippen LogP contribution in [-0.4, -0.2) is 23.1 Å². The molecule has 1 aromatic carbocycles. The summed E-state index contributed by atoms with van der Waals surface area (Å²) in [6, 6.07) is 4.18. The van der Waals surface area contributed by atoms with E-state index >= 15 is 0 Å². The number of nitrogens with two attached hydrogens (primary N) is 1. The number of ether oxygens (including phenoxy) is 1. The van der Waals surface area contributed by atoms with Crippen LogP contribution in [0.3, 0.4) is 0 Å². The van der Waals surface area contributed by atoms with Crippen LogP contribution in [0.1, 0.15) is 55.5 Å². The third kappa shape index (κ3) is 3.56. The first kappa shape index (κ1) is 15.8. The standard InChI is InChI=1S/C17H26N2O2/c1-11-6-7-13-14(12(11)2)10-19(9-8-15(13)18)16(20)21-17(3,4)5/h6-7,15H,8-10,18H2,1-5H3/t15-/m1/s1. The number of benzene rings is 1. The zero-order valence-corrected chi connectivity index (χ0v) is 13.7. The number of fused-ring (bicyclic) bond motifs is 1. The minimum absolute atomic E-state index is 0.0215. The number of amides is 1. The summed E-state index contributed by atoms with van der Waals surface area (Å²) in [5.41, 5.74) is 10.6. The number of carbonyl (C=O) groups is 1. The first-order valence-electron chi connectivity index (χ1n) is 7.51. The summed E-state index contributed by atoms with van der Waals surface area (Å²) in [4.78, 5) is 14.1. The van der Waals surface area contributed by atoms with Gasteiger partial charge in [-0.05, 0) is 63.3 Å². The van der Waals surface area contributed by atoms with Crippen molar-refractivity contribution in [3.8, 4) is 0 Å². The molecule has 116 valence electrons. The van der Waals surface area contributed by atoms with Gasteiger partial charge < -0.3 is 15.4 Å². The molecule has 0 unspecified atom stereocenters. The molecule has 0 spiro atoms. The van der Waals surface area contributed by atoms with Crippen LogP contribution in [-0.2, 0) is 11.3 Å². The molecule has 1 aliphatic heterocycles. The van der Waals surface area contributed by atoms with Gasteiger partial charge in [0.25, 0.3) is 0 Å². The van der Waals surface area contributed by atoms with Gasteiger partial charge in [-0.25, -0.2) is 4.79 Å². The Morgan fingerprint density at radius 2 is 2.00 bits per heavy atom. The zero-order valence-electron chi connectivity index (χ0n) is 13.7. The largest absolute Gasteiger partial charge is 0.444 e. The van der Waals surface area contributed by atoms with Crippen LogP contribution < -0.4 is 5.73 Å². The fourth-order valence-electron chi connectivity index (χ4n) is 2.65. The maximum Gasteiger partial charge on any atom is 0.410 e. The number of carbonyl (C=O) groups excluding carboxylic acids is 1. The van der Waals surface area contributed by atoms with Gasteiger partial charge >= 0.3 is 6.09 Å². The minimum Gasteiger partial charge on any atom is -0.444 e. The maximum absolute atomic E-state index is 12.3. The van der Waals surface area contributed by atoms with Gasteiger partial charge in [0.1, 0.15) is 5.60 Å². The van der Waals surface area contributed by atoms with Gasteiger partial charge in [-0.15, -0.1) is 0 Å². The van der Waals surface area contributed by atoms with Gasteiger partial charge in [0.05, 0.1) is 0 Å². The van der Waals surface area contributed by atoms with Gasteiger partial charge in [-0.3, -0.25) is 0 Å². The van der Waals surface area contributed by atoms with Crippen molar-refractivity contribution >= 4 is 6.09 Å². The highest BCUT2D eigenvalue weighted by atomic mass is 16.6. The highest BCUT2D eigenvalue weighted by Crippen LogP contribution is 2.29. The lowest BCUT2D eigenvalue weighted by molar-refractivity contribution is 0.0234. The monoisotopic (exact) mass is 290 g/mol. The molecular formula is C17H26N2O2. The summed E-state index contributed by atoms with van der Waals surface area (Å²) in [7, 11) is 0. The van der Waals surface area contributed by atoms with Crippen molar-refractivity contribution in [2.75, 3.05) is 6.54 Å². The van der Waals surface area contributed by atoms with Crippen molar-refractivity contribution in [3.63, 3.8) is 0 Å². The van der Waals surface area contributed by atoms with Crippen molar-refractivity contribution in [3.05, 3.63) is 34.4 Å². The van der Waals surface area contributed by atoms with E-state index in [0.717, 1.165) is 12.0 Å². The average molecular weight is 290 g/mol. The molecule has 0 aliphatic carbocycles. The van der Waals surface area contributed by atoms with Crippen LogP contribution in [0.5, 0.6) is 0 Å². The highest BCUT2D eigenvalue weighted by molar-refractivity contribution is 5.68. The lowest BCUT2D eigenvalue weighted by Crippen LogP contribution is -2.36. The normalized spacial score (nSPS) is 19.0. The van der Waals surface area contributed by atoms with E-state index in [1.54, 1.807) is 4.90 Å². The van der Waals surface area contributed by atoms with Crippen molar-refractivity contribution in [1.82, 2.24) is 4.90 Å². The van der Waals surface area contributed by atoms with Crippen molar-refractivity contribution in [2.24, 2.45) is 5.73 Å². The number of aryl methyl sites for hydroxylation is 1. The Bertz CT molecular complexity index is 546. The molecule has 1 heterocycles. The number of hydrogen-bond acceptors (Lipinski definition) is 3. The molecular weight excluding hydrogens is 264 g/mol. The number of nitrogens with zero attached hydrogens (tertiary/aromatic N) is 1. The number of rotatable bonds is 0. The van der Waals surface area contributed by atoms with E-state index in [1.807, 2.05) is 20.8 Å². The highest BCUT2D eigenvalue weighted by Gasteiger charge is 2.27. The zero-order chi connectivity index (χ0) is 15.8. The van der Waals surface area contributed by atoms with Crippen LogP contribution in [0.2, 0.25) is 0 Å². The molecule has 1 aromatic rings. The van der Waals surface area contributed by atoms with E-state index < -0.39 is 5.60 Å². The topological polar surface area (TPSA) is 55.6 Å². The van der Waals surface area contributed by atoms with Crippen LogP contribution in [0.15, 0.2) is 12.1 Å². The Hall–Kier alpha value is -1.55. The molecule has 0 radical (unpaired) electrons. The van der Waals surface area contributed by atoms with Gasteiger partial charge in [-0.1, -0.05) is 12.1 Å². The van der Waals surface area contributed by atoms with E-state index in [2.05, 4.69) is 26.0 Å². The summed E-state index contributed by atoms with van der Waals surface area (Å²) in [6.45, 7) is 11.0. The Labute approximate surface area is 127 Å². The molecule has 0 aromatic heterocycles. The van der Waals surface area contributed by atoms with Crippen molar-refractivity contribution in [2.45, 2.75) is 59.2 Å². The lowest BCUT2D eigenvalue weighted by Gasteiger charge is -2.27. The second kappa shape index (κ2) is 5.68. The minimum atomic E-state index is -0.476. The van der Waals surface area contributed by atoms with Gasteiger partial charge in [-0.2, -0.15) is 0 Å². The van der Waals surface area contributed by atoms with E-state index in [0.29, 0.717) is 13.1 Å². The number of hydrogen-bond donors (Lipinski definition) is 1. The summed E-state index contributed by atoms with van der Waals surface area (Å²) < 4.78 is 5.50. The summed E-state index contributed by atoms with van der Waals surface area (Å²) in [5.74, 6) is 0. The van der Waals surface area contributed by atoms with Gasteiger partial charge in [0, 0.05) is 19.1 Å². The molecule has 0 bridgehead atoms. The third-order valence-electron chi connectivity index (χ3n) is 4.02. The quantitative estimate of drug-likeness (QED) is 0.796. The molecule has 21 heavy (non-hydrogen) atoms. The predicted molar refractivity (Wildman–Crippen MR) is 84.1 cm³/mol. The fraction of sp³-hybridized carbons (Fsp3) is 0.588. The molecule has 4 heteroatoms. The molecule has 0 fully saturated rings. The van der Waals surface area contributed by atoms with Gasteiger partial charge in [0.2, 0.25) is 0 Å². The second-order valence-electron chi connectivity index (χ2n) is 6.87. The third-order valence-corrected chi connectivity index (χ3v) is 4.02. The van der Waals surface area contributed by atoms with E-state index in [1.165, 1.54) is 16.7 Å². The fourth-order valence-corrected chi connectivity index (χ4v) is 2.65. The molecule has 1 amide bonds. The molecule has 0 saturated heterocycles. The van der Waals surface area contributed by atoms with Crippen LogP contribution >= 0.6 is 0 Å². The van der Waals surface area contributed by atoms with E-state index in [4.69, 9.17) is 10.5 Å². The first-order chi connectivity index (χ1) is 9.69. The predicted octanol–water partition coefficient (Wildman–Crippen LogP) is 3.44. The van der Waals surface area contributed by atoms with Crippen molar-refractivity contribution in [1.29, 1.82) is 0 Å². The van der Waals surface area contributed by atoms with E-state index in [-0.39, 0.29) is 12.1 Å². The molecule has 4 nitrogen and oxygen atoms in total. The molecule has 2 rings (SSSR count). The summed E-state index contributed by atoms with van der Waals surface area (Å²) >= 11 is 0. The molecule has 1 atom stereocenters. The van der Waals surface area contributed by atoms with Crippen molar-refractivity contribution < 1.29 is 9.53 Å². The Morgan fingerprint density at radius 1 is 1.33 bits per heavy atom. The second-order valence-corrected chi connectivity index (χ2v) is 6.87. The SMILES string of the molecule is Cc1ccc2c(c1C)CN(C(=O)OC(C)(C)C)CC[C@H]2N. The molecule has 0 saturated carbocycles. The van der Waals surface area contributed by atoms with Crippen LogP contribution in [0, 0.1) is 13.8 Å². The maximum atomic E-state index is 12.3. The van der Waals surface area contributed by atoms with E-state index in [9.17, 15) is 4.79 Å². The average Bonchev–Trinajstić information content (AvgIpc) is 2.52. The molecule has 1 aliphatic rings. The Morgan fingerprint density at radius 3 is 2.62 bits per heavy atom. The van der Waals surface area contributed by atoms with Gasteiger partial charge in [0.15, 0.2) is 0 Å². The Balaban J connectivity index is 2.30. The van der Waals surface area contributed by atoms with Crippen LogP contribution in [0.25, 0.3) is 0 Å². The molecule has 2 N–H and O–H groups in total. The summed E-state index contributed by atoms with van der Waals surface area (Å²) in [5, 5.41) is 0. The first-order valence-corrected chi connectivity index (χ1v) is 7.51. The Kier molecular flexibility index (Phi) is 4.28. The lowest BCUT2D eigenvalue weighted by atomic mass is 9.93. The smallest absolute Gasteiger partial charge is 0.410 e. The van der Waals surface area contributed by atoms with Crippen LogP contribution in [0.4, 0.5) is 4.79 Å².